The van der Waals surface area contributed by atoms with E-state index in [4.69, 9.17) is 23.2 Å². The molecule has 1 atom stereocenters. The zero-order chi connectivity index (χ0) is 21.4. The SMILES string of the molecule is O=C1C(=O)N(c2ccc(F)cc2)C(c2ccc(Cl)c(Cl)c2)/C1=C(/O)c1ccncc1. The van der Waals surface area contributed by atoms with Crippen molar-refractivity contribution in [2.45, 2.75) is 6.04 Å². The molecule has 0 saturated carbocycles. The summed E-state index contributed by atoms with van der Waals surface area (Å²) < 4.78 is 13.4. The molecule has 1 aromatic heterocycles. The summed E-state index contributed by atoms with van der Waals surface area (Å²) in [5.41, 5.74) is 0.966. The molecule has 30 heavy (non-hydrogen) atoms. The lowest BCUT2D eigenvalue weighted by Crippen LogP contribution is -2.29. The predicted molar refractivity (Wildman–Crippen MR) is 112 cm³/mol. The summed E-state index contributed by atoms with van der Waals surface area (Å²) in [6, 6.07) is 11.9. The second kappa shape index (κ2) is 7.89. The summed E-state index contributed by atoms with van der Waals surface area (Å²) >= 11 is 12.2. The van der Waals surface area contributed by atoms with Crippen LogP contribution in [0.4, 0.5) is 10.1 Å². The van der Waals surface area contributed by atoms with Gasteiger partial charge in [0, 0.05) is 23.6 Å². The number of pyridine rings is 1. The van der Waals surface area contributed by atoms with Gasteiger partial charge in [-0.15, -0.1) is 0 Å². The number of Topliss-reactive ketones (excluding diaryl/α,β-unsaturated/α-hetero) is 1. The summed E-state index contributed by atoms with van der Waals surface area (Å²) in [4.78, 5) is 31.0. The molecule has 1 unspecified atom stereocenters. The van der Waals surface area contributed by atoms with Crippen LogP contribution in [-0.4, -0.2) is 21.8 Å². The number of rotatable bonds is 3. The van der Waals surface area contributed by atoms with Crippen molar-refractivity contribution in [2.75, 3.05) is 4.90 Å². The fourth-order valence-corrected chi connectivity index (χ4v) is 3.67. The van der Waals surface area contributed by atoms with Gasteiger partial charge in [-0.05, 0) is 54.1 Å². The average molecular weight is 443 g/mol. The summed E-state index contributed by atoms with van der Waals surface area (Å²) in [6.07, 6.45) is 2.92. The molecule has 1 aliphatic rings. The number of nitrogens with zero attached hydrogens (tertiary/aromatic N) is 2. The van der Waals surface area contributed by atoms with Gasteiger partial charge in [0.05, 0.1) is 21.7 Å². The lowest BCUT2D eigenvalue weighted by molar-refractivity contribution is -0.132. The van der Waals surface area contributed by atoms with E-state index >= 15 is 0 Å². The van der Waals surface area contributed by atoms with E-state index in [1.54, 1.807) is 6.07 Å². The van der Waals surface area contributed by atoms with Gasteiger partial charge in [-0.3, -0.25) is 19.5 Å². The van der Waals surface area contributed by atoms with Crippen molar-refractivity contribution >= 4 is 46.3 Å². The number of carbonyl (C=O) groups is 2. The van der Waals surface area contributed by atoms with Gasteiger partial charge in [0.2, 0.25) is 0 Å². The minimum absolute atomic E-state index is 0.117. The van der Waals surface area contributed by atoms with Gasteiger partial charge in [-0.2, -0.15) is 0 Å². The Kier molecular flexibility index (Phi) is 5.28. The Balaban J connectivity index is 1.96. The Morgan fingerprint density at radius 3 is 2.27 bits per heavy atom. The number of anilines is 1. The number of hydrogen-bond donors (Lipinski definition) is 1. The minimum atomic E-state index is -0.988. The first-order chi connectivity index (χ1) is 14.4. The number of carbonyl (C=O) groups excluding carboxylic acids is 2. The zero-order valence-electron chi connectivity index (χ0n) is 15.2. The molecule has 5 nitrogen and oxygen atoms in total. The molecule has 0 spiro atoms. The normalized spacial score (nSPS) is 18.1. The smallest absolute Gasteiger partial charge is 0.300 e. The monoisotopic (exact) mass is 442 g/mol. The Labute approximate surface area is 181 Å². The molecule has 1 fully saturated rings. The van der Waals surface area contributed by atoms with Crippen molar-refractivity contribution in [3.05, 3.63) is 99.6 Å². The van der Waals surface area contributed by atoms with Gasteiger partial charge in [0.15, 0.2) is 0 Å². The Morgan fingerprint density at radius 1 is 0.967 bits per heavy atom. The van der Waals surface area contributed by atoms with E-state index in [0.29, 0.717) is 21.8 Å². The van der Waals surface area contributed by atoms with E-state index in [0.717, 1.165) is 0 Å². The lowest BCUT2D eigenvalue weighted by Gasteiger charge is -2.25. The second-order valence-electron chi connectivity index (χ2n) is 6.55. The van der Waals surface area contributed by atoms with E-state index in [9.17, 15) is 19.1 Å². The van der Waals surface area contributed by atoms with Crippen LogP contribution in [0, 0.1) is 5.82 Å². The topological polar surface area (TPSA) is 70.5 Å². The van der Waals surface area contributed by atoms with E-state index in [-0.39, 0.29) is 16.4 Å². The first-order valence-corrected chi connectivity index (χ1v) is 9.56. The quantitative estimate of drug-likeness (QED) is 0.345. The number of amides is 1. The molecule has 1 N–H and O–H groups in total. The van der Waals surface area contributed by atoms with Crippen molar-refractivity contribution < 1.29 is 19.1 Å². The summed E-state index contributed by atoms with van der Waals surface area (Å²) in [5.74, 6) is -2.56. The first-order valence-electron chi connectivity index (χ1n) is 8.80. The standard InChI is InChI=1S/C22H13Cl2FN2O3/c23-16-6-1-13(11-17(16)24)19-18(20(28)12-7-9-26-10-8-12)21(29)22(30)27(19)15-4-2-14(25)3-5-15/h1-11,19,28H/b20-18-. The molecule has 1 aliphatic heterocycles. The first kappa shape index (κ1) is 20.1. The summed E-state index contributed by atoms with van der Waals surface area (Å²) in [6.45, 7) is 0. The van der Waals surface area contributed by atoms with Crippen LogP contribution < -0.4 is 4.90 Å². The van der Waals surface area contributed by atoms with Gasteiger partial charge >= 0.3 is 0 Å². The number of aliphatic hydroxyl groups excluding tert-OH is 1. The highest BCUT2D eigenvalue weighted by atomic mass is 35.5. The Bertz CT molecular complexity index is 1180. The zero-order valence-corrected chi connectivity index (χ0v) is 16.7. The predicted octanol–water partition coefficient (Wildman–Crippen LogP) is 5.15. The third kappa shape index (κ3) is 3.44. The van der Waals surface area contributed by atoms with Crippen molar-refractivity contribution in [3.63, 3.8) is 0 Å². The number of ketones is 1. The molecule has 2 heterocycles. The van der Waals surface area contributed by atoms with Crippen LogP contribution in [0.3, 0.4) is 0 Å². The van der Waals surface area contributed by atoms with Crippen LogP contribution in [0.2, 0.25) is 10.0 Å². The third-order valence-corrected chi connectivity index (χ3v) is 5.50. The van der Waals surface area contributed by atoms with Gasteiger partial charge in [-0.25, -0.2) is 4.39 Å². The van der Waals surface area contributed by atoms with Crippen molar-refractivity contribution in [2.24, 2.45) is 0 Å². The van der Waals surface area contributed by atoms with Crippen LogP contribution >= 0.6 is 23.2 Å². The highest BCUT2D eigenvalue weighted by molar-refractivity contribution is 6.51. The number of benzene rings is 2. The summed E-state index contributed by atoms with van der Waals surface area (Å²) in [7, 11) is 0. The molecule has 3 aromatic rings. The van der Waals surface area contributed by atoms with Crippen LogP contribution in [0.25, 0.3) is 5.76 Å². The van der Waals surface area contributed by atoms with Crippen molar-refractivity contribution in [3.8, 4) is 0 Å². The maximum atomic E-state index is 13.4. The molecular formula is C22H13Cl2FN2O3. The maximum absolute atomic E-state index is 13.4. The molecule has 0 aliphatic carbocycles. The van der Waals surface area contributed by atoms with Crippen LogP contribution in [0.15, 0.2) is 72.6 Å². The molecule has 1 saturated heterocycles. The van der Waals surface area contributed by atoms with E-state index in [1.807, 2.05) is 0 Å². The Morgan fingerprint density at radius 2 is 1.63 bits per heavy atom. The third-order valence-electron chi connectivity index (χ3n) is 4.76. The minimum Gasteiger partial charge on any atom is -0.507 e. The van der Waals surface area contributed by atoms with Crippen LogP contribution in [-0.2, 0) is 9.59 Å². The molecular weight excluding hydrogens is 430 g/mol. The van der Waals surface area contributed by atoms with Crippen LogP contribution in [0.1, 0.15) is 17.2 Å². The molecule has 4 rings (SSSR count). The fraction of sp³-hybridized carbons (Fsp3) is 0.0455. The lowest BCUT2D eigenvalue weighted by atomic mass is 9.95. The number of aromatic nitrogens is 1. The second-order valence-corrected chi connectivity index (χ2v) is 7.37. The van der Waals surface area contributed by atoms with Crippen LogP contribution in [0.5, 0.6) is 0 Å². The molecule has 0 radical (unpaired) electrons. The van der Waals surface area contributed by atoms with Crippen molar-refractivity contribution in [1.29, 1.82) is 0 Å². The highest BCUT2D eigenvalue weighted by Gasteiger charge is 2.47. The van der Waals surface area contributed by atoms with Crippen molar-refractivity contribution in [1.82, 2.24) is 4.98 Å². The van der Waals surface area contributed by atoms with E-state index in [1.165, 1.54) is 65.8 Å². The van der Waals surface area contributed by atoms with Gasteiger partial charge in [-0.1, -0.05) is 29.3 Å². The van der Waals surface area contributed by atoms with Gasteiger partial charge in [0.1, 0.15) is 11.6 Å². The fourth-order valence-electron chi connectivity index (χ4n) is 3.36. The number of halogens is 3. The van der Waals surface area contributed by atoms with Gasteiger partial charge in [0.25, 0.3) is 11.7 Å². The molecule has 150 valence electrons. The largest absolute Gasteiger partial charge is 0.507 e. The Hall–Kier alpha value is -3.22. The number of hydrogen-bond acceptors (Lipinski definition) is 4. The highest BCUT2D eigenvalue weighted by Crippen LogP contribution is 2.43. The average Bonchev–Trinajstić information content (AvgIpc) is 3.02. The maximum Gasteiger partial charge on any atom is 0.300 e. The summed E-state index contributed by atoms with van der Waals surface area (Å²) in [5, 5.41) is 11.4. The molecule has 1 amide bonds. The molecule has 0 bridgehead atoms. The molecule has 2 aromatic carbocycles. The molecule has 8 heteroatoms. The van der Waals surface area contributed by atoms with E-state index in [2.05, 4.69) is 4.98 Å². The van der Waals surface area contributed by atoms with Gasteiger partial charge < -0.3 is 5.11 Å². The number of aliphatic hydroxyl groups is 1. The van der Waals surface area contributed by atoms with E-state index < -0.39 is 23.5 Å².